The van der Waals surface area contributed by atoms with Crippen molar-refractivity contribution in [1.29, 1.82) is 0 Å². The van der Waals surface area contributed by atoms with E-state index in [-0.39, 0.29) is 0 Å². The molecule has 1 N–H and O–H groups in total. The van der Waals surface area contributed by atoms with Crippen LogP contribution in [0.25, 0.3) is 0 Å². The van der Waals surface area contributed by atoms with Crippen molar-refractivity contribution in [3.05, 3.63) is 0 Å². The molecule has 104 valence electrons. The van der Waals surface area contributed by atoms with E-state index in [4.69, 9.17) is 5.26 Å². The zero-order valence-electron chi connectivity index (χ0n) is 11.8. The van der Waals surface area contributed by atoms with Gasteiger partial charge in [-0.3, -0.25) is 0 Å². The summed E-state index contributed by atoms with van der Waals surface area (Å²) in [5, 5.41) is 11.5. The van der Waals surface area contributed by atoms with Crippen LogP contribution in [-0.4, -0.2) is 11.9 Å². The first-order valence-electron chi connectivity index (χ1n) is 6.99. The van der Waals surface area contributed by atoms with E-state index in [1.54, 1.807) is 0 Å². The molecule has 0 aromatic heterocycles. The van der Waals surface area contributed by atoms with Gasteiger partial charge in [0.15, 0.2) is 0 Å². The predicted molar refractivity (Wildman–Crippen MR) is 70.7 cm³/mol. The minimum Gasteiger partial charge on any atom is -0.221 e. The van der Waals surface area contributed by atoms with Gasteiger partial charge in [-0.1, -0.05) is 70.8 Å². The van der Waals surface area contributed by atoms with Crippen LogP contribution in [0.2, 0.25) is 0 Å². The van der Waals surface area contributed by atoms with E-state index in [1.165, 1.54) is 44.9 Å². The second kappa shape index (κ2) is 11.0. The molecule has 0 aliphatic rings. The molecule has 0 bridgehead atoms. The van der Waals surface area contributed by atoms with Crippen molar-refractivity contribution >= 4 is 0 Å². The van der Waals surface area contributed by atoms with Crippen LogP contribution in [0.4, 0.5) is 0 Å². The molecule has 0 aliphatic carbocycles. The standard InChI is InChI=1S/C14H30O3/c1-14(2,3)12-10-8-6-4-5-7-9-11-13-16-17-15/h15H,4-13H2,1-3H3. The van der Waals surface area contributed by atoms with Gasteiger partial charge in [-0.25, -0.2) is 10.1 Å². The molecule has 0 aromatic rings. The highest BCUT2D eigenvalue weighted by atomic mass is 17.5. The molecule has 0 fully saturated rings. The van der Waals surface area contributed by atoms with Crippen LogP contribution < -0.4 is 0 Å². The topological polar surface area (TPSA) is 38.7 Å². The Kier molecular flexibility index (Phi) is 10.9. The minimum atomic E-state index is 0.488. The van der Waals surface area contributed by atoms with E-state index in [1.807, 2.05) is 0 Å². The van der Waals surface area contributed by atoms with E-state index in [0.29, 0.717) is 12.0 Å². The van der Waals surface area contributed by atoms with E-state index < -0.39 is 0 Å². The second-order valence-corrected chi connectivity index (χ2v) is 6.04. The van der Waals surface area contributed by atoms with E-state index in [2.05, 4.69) is 30.7 Å². The zero-order chi connectivity index (χ0) is 13.0. The SMILES string of the molecule is CC(C)(C)CCCCCCCCCCOOO. The Balaban J connectivity index is 2.99. The van der Waals surface area contributed by atoms with Crippen molar-refractivity contribution in [2.24, 2.45) is 5.41 Å². The summed E-state index contributed by atoms with van der Waals surface area (Å²) in [6.45, 7) is 7.42. The fraction of sp³-hybridized carbons (Fsp3) is 1.00. The van der Waals surface area contributed by atoms with Gasteiger partial charge < -0.3 is 0 Å². The Labute approximate surface area is 106 Å². The van der Waals surface area contributed by atoms with E-state index in [0.717, 1.165) is 12.8 Å². The van der Waals surface area contributed by atoms with Gasteiger partial charge in [0.05, 0.1) is 6.61 Å². The first-order valence-corrected chi connectivity index (χ1v) is 6.99. The lowest BCUT2D eigenvalue weighted by molar-refractivity contribution is -0.490. The van der Waals surface area contributed by atoms with Gasteiger partial charge in [-0.2, -0.15) is 0 Å². The summed E-state index contributed by atoms with van der Waals surface area (Å²) in [6.07, 6.45) is 11.5. The average Bonchev–Trinajstić information content (AvgIpc) is 2.24. The molecule has 3 nitrogen and oxygen atoms in total. The molecule has 0 aliphatic heterocycles. The molecule has 0 saturated heterocycles. The summed E-state index contributed by atoms with van der Waals surface area (Å²) in [5.41, 5.74) is 0.495. The van der Waals surface area contributed by atoms with E-state index >= 15 is 0 Å². The zero-order valence-corrected chi connectivity index (χ0v) is 11.8. The highest BCUT2D eigenvalue weighted by Crippen LogP contribution is 2.22. The molecule has 0 rings (SSSR count). The molecule has 0 amide bonds. The molecular weight excluding hydrogens is 216 g/mol. The Hall–Kier alpha value is -0.120. The average molecular weight is 246 g/mol. The van der Waals surface area contributed by atoms with Crippen LogP contribution in [0.5, 0.6) is 0 Å². The smallest absolute Gasteiger partial charge is 0.0853 e. The summed E-state index contributed by atoms with van der Waals surface area (Å²) in [6, 6.07) is 0. The third-order valence-corrected chi connectivity index (χ3v) is 2.96. The van der Waals surface area contributed by atoms with Crippen LogP contribution in [-0.2, 0) is 9.93 Å². The lowest BCUT2D eigenvalue weighted by Gasteiger charge is -2.17. The normalized spacial score (nSPS) is 12.0. The first kappa shape index (κ1) is 16.9. The Morgan fingerprint density at radius 2 is 1.24 bits per heavy atom. The number of hydrogen-bond acceptors (Lipinski definition) is 3. The first-order chi connectivity index (χ1) is 8.06. The van der Waals surface area contributed by atoms with Crippen molar-refractivity contribution in [3.63, 3.8) is 0 Å². The molecule has 3 heteroatoms. The van der Waals surface area contributed by atoms with E-state index in [9.17, 15) is 0 Å². The maximum absolute atomic E-state index is 7.92. The summed E-state index contributed by atoms with van der Waals surface area (Å²) >= 11 is 0. The van der Waals surface area contributed by atoms with Gasteiger partial charge in [-0.15, -0.1) is 0 Å². The molecule has 17 heavy (non-hydrogen) atoms. The fourth-order valence-corrected chi connectivity index (χ4v) is 1.91. The largest absolute Gasteiger partial charge is 0.221 e. The van der Waals surface area contributed by atoms with Gasteiger partial charge in [0.2, 0.25) is 0 Å². The van der Waals surface area contributed by atoms with Gasteiger partial charge in [-0.05, 0) is 18.3 Å². The number of rotatable bonds is 11. The molecule has 0 aromatic carbocycles. The van der Waals surface area contributed by atoms with Crippen molar-refractivity contribution < 1.29 is 15.2 Å². The van der Waals surface area contributed by atoms with Crippen LogP contribution in [0.3, 0.4) is 0 Å². The van der Waals surface area contributed by atoms with Crippen LogP contribution in [0.1, 0.15) is 78.6 Å². The molecular formula is C14H30O3. The second-order valence-electron chi connectivity index (χ2n) is 6.04. The number of unbranched alkanes of at least 4 members (excludes halogenated alkanes) is 7. The quantitative estimate of drug-likeness (QED) is 0.318. The minimum absolute atomic E-state index is 0.488. The maximum atomic E-state index is 7.92. The van der Waals surface area contributed by atoms with Crippen molar-refractivity contribution in [2.75, 3.05) is 6.61 Å². The van der Waals surface area contributed by atoms with Crippen LogP contribution in [0.15, 0.2) is 0 Å². The van der Waals surface area contributed by atoms with Gasteiger partial charge in [0.1, 0.15) is 0 Å². The Morgan fingerprint density at radius 1 is 0.765 bits per heavy atom. The van der Waals surface area contributed by atoms with Crippen molar-refractivity contribution in [3.8, 4) is 0 Å². The summed E-state index contributed by atoms with van der Waals surface area (Å²) < 4.78 is 0. The number of hydrogen-bond donors (Lipinski definition) is 1. The van der Waals surface area contributed by atoms with Crippen LogP contribution in [0, 0.1) is 5.41 Å². The molecule has 0 atom stereocenters. The molecule has 0 heterocycles. The lowest BCUT2D eigenvalue weighted by Crippen LogP contribution is -2.03. The van der Waals surface area contributed by atoms with Gasteiger partial charge in [0.25, 0.3) is 0 Å². The monoisotopic (exact) mass is 246 g/mol. The Morgan fingerprint density at radius 3 is 1.71 bits per heavy atom. The third kappa shape index (κ3) is 15.9. The molecule has 0 unspecified atom stereocenters. The third-order valence-electron chi connectivity index (χ3n) is 2.96. The lowest BCUT2D eigenvalue weighted by atomic mass is 9.89. The van der Waals surface area contributed by atoms with Crippen molar-refractivity contribution in [1.82, 2.24) is 0 Å². The molecule has 0 spiro atoms. The van der Waals surface area contributed by atoms with Crippen molar-refractivity contribution in [2.45, 2.75) is 78.6 Å². The summed E-state index contributed by atoms with van der Waals surface area (Å²) in [4.78, 5) is 4.38. The maximum Gasteiger partial charge on any atom is 0.0853 e. The van der Waals surface area contributed by atoms with Gasteiger partial charge >= 0.3 is 0 Å². The molecule has 0 saturated carbocycles. The highest BCUT2D eigenvalue weighted by Gasteiger charge is 2.08. The highest BCUT2D eigenvalue weighted by molar-refractivity contribution is 4.60. The molecule has 0 radical (unpaired) electrons. The van der Waals surface area contributed by atoms with Gasteiger partial charge in [0, 0.05) is 0 Å². The Bertz CT molecular complexity index is 152. The fourth-order valence-electron chi connectivity index (χ4n) is 1.91. The van der Waals surface area contributed by atoms with Crippen LogP contribution >= 0.6 is 0 Å². The predicted octanol–water partition coefficient (Wildman–Crippen LogP) is 4.96. The summed E-state index contributed by atoms with van der Waals surface area (Å²) in [7, 11) is 0. The summed E-state index contributed by atoms with van der Waals surface area (Å²) in [5.74, 6) is 0.